The second-order valence-electron chi connectivity index (χ2n) is 3.48. The predicted molar refractivity (Wildman–Crippen MR) is 77.4 cm³/mol. The number of halogens is 3. The first-order valence-electron chi connectivity index (χ1n) is 5.22. The van der Waals surface area contributed by atoms with Gasteiger partial charge in [-0.1, -0.05) is 11.6 Å². The van der Waals surface area contributed by atoms with Gasteiger partial charge in [0, 0.05) is 0 Å². The molecule has 0 fully saturated rings. The number of aromatic nitrogens is 2. The first kappa shape index (κ1) is 14.4. The molecule has 1 aromatic carbocycles. The van der Waals surface area contributed by atoms with Gasteiger partial charge in [0.05, 0.1) is 23.0 Å². The first-order valence-corrected chi connectivity index (χ1v) is 6.93. The maximum Gasteiger partial charge on any atom is 0.228 e. The number of hydrogen-bond acceptors (Lipinski definition) is 4. The maximum absolute atomic E-state index is 5.94. The molecule has 2 rings (SSSR count). The molecule has 4 nitrogen and oxygen atoms in total. The van der Waals surface area contributed by atoms with Gasteiger partial charge in [-0.05, 0) is 34.1 Å². The number of nitrogens with zero attached hydrogens (tertiary/aromatic N) is 2. The smallest absolute Gasteiger partial charge is 0.228 e. The molecule has 0 amide bonds. The standard InChI is InChI=1S/C12H9BrCl2N2O2/c1-18-7-2-3-10(9(13)4-7)19-12-8(5-14)11(15)16-6-17-12/h2-4,6H,5H2,1H3. The van der Waals surface area contributed by atoms with Crippen LogP contribution < -0.4 is 9.47 Å². The van der Waals surface area contributed by atoms with Crippen LogP contribution >= 0.6 is 39.1 Å². The Morgan fingerprint density at radius 3 is 2.74 bits per heavy atom. The van der Waals surface area contributed by atoms with Crippen molar-refractivity contribution in [3.63, 3.8) is 0 Å². The number of methoxy groups -OCH3 is 1. The number of ether oxygens (including phenoxy) is 2. The zero-order valence-corrected chi connectivity index (χ0v) is 13.0. The molecule has 7 heteroatoms. The van der Waals surface area contributed by atoms with Gasteiger partial charge in [-0.3, -0.25) is 0 Å². The van der Waals surface area contributed by atoms with E-state index >= 15 is 0 Å². The van der Waals surface area contributed by atoms with Crippen molar-refractivity contribution in [2.24, 2.45) is 0 Å². The largest absolute Gasteiger partial charge is 0.497 e. The van der Waals surface area contributed by atoms with Crippen LogP contribution in [0.3, 0.4) is 0 Å². The van der Waals surface area contributed by atoms with Crippen molar-refractivity contribution < 1.29 is 9.47 Å². The number of rotatable bonds is 4. The quantitative estimate of drug-likeness (QED) is 0.595. The van der Waals surface area contributed by atoms with Gasteiger partial charge >= 0.3 is 0 Å². The van der Waals surface area contributed by atoms with E-state index in [-0.39, 0.29) is 11.0 Å². The molecule has 0 atom stereocenters. The number of hydrogen-bond donors (Lipinski definition) is 0. The SMILES string of the molecule is COc1ccc(Oc2ncnc(Cl)c2CCl)c(Br)c1. The van der Waals surface area contributed by atoms with Gasteiger partial charge in [0.25, 0.3) is 0 Å². The second kappa shape index (κ2) is 6.41. The lowest BCUT2D eigenvalue weighted by atomic mass is 10.3. The molecule has 0 radical (unpaired) electrons. The van der Waals surface area contributed by atoms with Crippen molar-refractivity contribution in [1.29, 1.82) is 0 Å². The van der Waals surface area contributed by atoms with Crippen LogP contribution in [0.1, 0.15) is 5.56 Å². The highest BCUT2D eigenvalue weighted by molar-refractivity contribution is 9.10. The zero-order chi connectivity index (χ0) is 13.8. The first-order chi connectivity index (χ1) is 9.15. The molecule has 0 spiro atoms. The summed E-state index contributed by atoms with van der Waals surface area (Å²) in [5, 5.41) is 0.282. The third-order valence-corrected chi connectivity index (χ3v) is 3.55. The van der Waals surface area contributed by atoms with Gasteiger partial charge in [-0.2, -0.15) is 0 Å². The van der Waals surface area contributed by atoms with Crippen LogP contribution in [0.5, 0.6) is 17.4 Å². The summed E-state index contributed by atoms with van der Waals surface area (Å²) in [7, 11) is 1.60. The Balaban J connectivity index is 2.34. The average Bonchev–Trinajstić information content (AvgIpc) is 2.41. The normalized spacial score (nSPS) is 10.3. The van der Waals surface area contributed by atoms with Gasteiger partial charge in [0.15, 0.2) is 0 Å². The summed E-state index contributed by atoms with van der Waals surface area (Å²) in [6.07, 6.45) is 1.32. The molecule has 0 saturated carbocycles. The Hall–Kier alpha value is -1.04. The van der Waals surface area contributed by atoms with Crippen molar-refractivity contribution >= 4 is 39.1 Å². The molecule has 19 heavy (non-hydrogen) atoms. The molecular formula is C12H9BrCl2N2O2. The van der Waals surface area contributed by atoms with Crippen LogP contribution in [-0.2, 0) is 5.88 Å². The lowest BCUT2D eigenvalue weighted by Gasteiger charge is -2.11. The van der Waals surface area contributed by atoms with Crippen LogP contribution in [0.2, 0.25) is 5.15 Å². The molecule has 0 aliphatic rings. The minimum absolute atomic E-state index is 0.169. The Kier molecular flexibility index (Phi) is 4.85. The number of alkyl halides is 1. The van der Waals surface area contributed by atoms with E-state index < -0.39 is 0 Å². The summed E-state index contributed by atoms with van der Waals surface area (Å²) in [5.41, 5.74) is 0.550. The average molecular weight is 364 g/mol. The van der Waals surface area contributed by atoms with E-state index in [0.717, 1.165) is 10.2 Å². The minimum atomic E-state index is 0.169. The molecule has 0 aliphatic heterocycles. The molecule has 0 aliphatic carbocycles. The Morgan fingerprint density at radius 1 is 1.32 bits per heavy atom. The molecule has 100 valence electrons. The lowest BCUT2D eigenvalue weighted by molar-refractivity contribution is 0.411. The van der Waals surface area contributed by atoms with Gasteiger partial charge in [-0.25, -0.2) is 9.97 Å². The predicted octanol–water partition coefficient (Wildman–Crippen LogP) is 4.43. The van der Waals surface area contributed by atoms with Crippen LogP contribution in [-0.4, -0.2) is 17.1 Å². The number of benzene rings is 1. The summed E-state index contributed by atoms with van der Waals surface area (Å²) in [5.74, 6) is 1.81. The highest BCUT2D eigenvalue weighted by atomic mass is 79.9. The van der Waals surface area contributed by atoms with E-state index in [2.05, 4.69) is 25.9 Å². The van der Waals surface area contributed by atoms with Crippen molar-refractivity contribution in [2.45, 2.75) is 5.88 Å². The van der Waals surface area contributed by atoms with Crippen molar-refractivity contribution in [2.75, 3.05) is 7.11 Å². The van der Waals surface area contributed by atoms with E-state index in [1.54, 1.807) is 25.3 Å². The molecule has 0 saturated heterocycles. The highest BCUT2D eigenvalue weighted by Gasteiger charge is 2.13. The molecule has 0 N–H and O–H groups in total. The summed E-state index contributed by atoms with van der Waals surface area (Å²) in [6.45, 7) is 0. The van der Waals surface area contributed by atoms with E-state index in [4.69, 9.17) is 32.7 Å². The summed E-state index contributed by atoms with van der Waals surface area (Å²) in [6, 6.07) is 5.33. The fourth-order valence-corrected chi connectivity index (χ4v) is 2.31. The summed E-state index contributed by atoms with van der Waals surface area (Å²) < 4.78 is 11.5. The van der Waals surface area contributed by atoms with Crippen molar-refractivity contribution in [3.05, 3.63) is 39.7 Å². The molecule has 0 bridgehead atoms. The molecule has 0 unspecified atom stereocenters. The summed E-state index contributed by atoms with van der Waals surface area (Å²) in [4.78, 5) is 7.90. The topological polar surface area (TPSA) is 44.2 Å². The van der Waals surface area contributed by atoms with Crippen molar-refractivity contribution in [1.82, 2.24) is 9.97 Å². The highest BCUT2D eigenvalue weighted by Crippen LogP contribution is 2.34. The summed E-state index contributed by atoms with van der Waals surface area (Å²) >= 11 is 15.1. The van der Waals surface area contributed by atoms with Gasteiger partial charge in [0.1, 0.15) is 23.0 Å². The van der Waals surface area contributed by atoms with Gasteiger partial charge < -0.3 is 9.47 Å². The Morgan fingerprint density at radius 2 is 2.11 bits per heavy atom. The van der Waals surface area contributed by atoms with Gasteiger partial charge in [-0.15, -0.1) is 11.6 Å². The third kappa shape index (κ3) is 3.29. The minimum Gasteiger partial charge on any atom is -0.497 e. The van der Waals surface area contributed by atoms with E-state index in [0.29, 0.717) is 17.2 Å². The molecular weight excluding hydrogens is 355 g/mol. The molecule has 2 aromatic rings. The fourth-order valence-electron chi connectivity index (χ4n) is 1.37. The van der Waals surface area contributed by atoms with Crippen LogP contribution in [0, 0.1) is 0 Å². The Bertz CT molecular complexity index is 596. The van der Waals surface area contributed by atoms with Crippen LogP contribution in [0.25, 0.3) is 0 Å². The lowest BCUT2D eigenvalue weighted by Crippen LogP contribution is -1.96. The van der Waals surface area contributed by atoms with Gasteiger partial charge in [0.2, 0.25) is 5.88 Å². The van der Waals surface area contributed by atoms with Crippen molar-refractivity contribution in [3.8, 4) is 17.4 Å². The van der Waals surface area contributed by atoms with Crippen LogP contribution in [0.15, 0.2) is 29.0 Å². The molecule has 1 aromatic heterocycles. The second-order valence-corrected chi connectivity index (χ2v) is 4.96. The third-order valence-electron chi connectivity index (χ3n) is 2.33. The van der Waals surface area contributed by atoms with E-state index in [1.165, 1.54) is 6.33 Å². The fraction of sp³-hybridized carbons (Fsp3) is 0.167. The monoisotopic (exact) mass is 362 g/mol. The van der Waals surface area contributed by atoms with Crippen LogP contribution in [0.4, 0.5) is 0 Å². The Labute approximate surface area is 128 Å². The zero-order valence-electron chi connectivity index (χ0n) is 9.86. The molecule has 1 heterocycles. The van der Waals surface area contributed by atoms with E-state index in [1.807, 2.05) is 0 Å². The maximum atomic E-state index is 5.94. The van der Waals surface area contributed by atoms with E-state index in [9.17, 15) is 0 Å².